The summed E-state index contributed by atoms with van der Waals surface area (Å²) in [6.07, 6.45) is 6.30. The van der Waals surface area contributed by atoms with Crippen molar-refractivity contribution in [3.8, 4) is 0 Å². The molecule has 0 aliphatic carbocycles. The summed E-state index contributed by atoms with van der Waals surface area (Å²) in [6.45, 7) is 3.39. The molecule has 5 rings (SSSR count). The highest BCUT2D eigenvalue weighted by atomic mass is 16.5. The molecule has 0 saturated carbocycles. The van der Waals surface area contributed by atoms with E-state index in [2.05, 4.69) is 16.0 Å². The van der Waals surface area contributed by atoms with E-state index in [1.807, 2.05) is 42.6 Å². The Bertz CT molecular complexity index is 1140. The van der Waals surface area contributed by atoms with Crippen LogP contribution in [0.4, 0.5) is 4.79 Å². The number of hydrogen-bond acceptors (Lipinski definition) is 6. The van der Waals surface area contributed by atoms with Crippen LogP contribution in [0.15, 0.2) is 59.3 Å². The van der Waals surface area contributed by atoms with Gasteiger partial charge in [0.15, 0.2) is 0 Å². The molecule has 35 heavy (non-hydrogen) atoms. The third-order valence-electron chi connectivity index (χ3n) is 7.25. The smallest absolute Gasteiger partial charge is 0.327 e. The monoisotopic (exact) mass is 476 g/mol. The van der Waals surface area contributed by atoms with Gasteiger partial charge in [-0.1, -0.05) is 24.3 Å². The van der Waals surface area contributed by atoms with Crippen molar-refractivity contribution in [1.29, 1.82) is 0 Å². The normalized spacial score (nSPS) is 18.3. The molecular formula is C27H32N4O4. The number of aryl methyl sites for hydroxylation is 1. The molecule has 0 bridgehead atoms. The van der Waals surface area contributed by atoms with Crippen LogP contribution in [0.1, 0.15) is 30.6 Å². The average molecular weight is 477 g/mol. The lowest BCUT2D eigenvalue weighted by molar-refractivity contribution is -0.136. The molecule has 2 aliphatic rings. The fraction of sp³-hybridized carbons (Fsp3) is 0.444. The molecule has 8 nitrogen and oxygen atoms in total. The van der Waals surface area contributed by atoms with Crippen LogP contribution in [0.3, 0.4) is 0 Å². The van der Waals surface area contributed by atoms with Gasteiger partial charge in [-0.3, -0.25) is 19.6 Å². The number of methoxy groups -OCH3 is 1. The van der Waals surface area contributed by atoms with Crippen LogP contribution < -0.4 is 0 Å². The Morgan fingerprint density at radius 3 is 2.66 bits per heavy atom. The minimum atomic E-state index is -0.783. The minimum absolute atomic E-state index is 0.0619. The van der Waals surface area contributed by atoms with Crippen molar-refractivity contribution in [2.24, 2.45) is 0 Å². The van der Waals surface area contributed by atoms with Crippen LogP contribution in [0.2, 0.25) is 0 Å². The lowest BCUT2D eigenvalue weighted by Crippen LogP contribution is -2.57. The Labute approximate surface area is 205 Å². The molecule has 2 fully saturated rings. The number of amides is 3. The summed E-state index contributed by atoms with van der Waals surface area (Å²) in [5.74, 6) is 0.859. The zero-order valence-electron chi connectivity index (χ0n) is 20.2. The quantitative estimate of drug-likeness (QED) is 0.438. The summed E-state index contributed by atoms with van der Waals surface area (Å²) in [4.78, 5) is 36.7. The molecule has 4 heterocycles. The number of imide groups is 1. The number of furan rings is 1. The van der Waals surface area contributed by atoms with Crippen molar-refractivity contribution in [3.63, 3.8) is 0 Å². The van der Waals surface area contributed by atoms with Crippen molar-refractivity contribution < 1.29 is 18.7 Å². The van der Waals surface area contributed by atoms with E-state index in [9.17, 15) is 9.59 Å². The zero-order chi connectivity index (χ0) is 24.3. The van der Waals surface area contributed by atoms with Crippen LogP contribution in [0.25, 0.3) is 11.0 Å². The molecule has 2 aromatic heterocycles. The number of piperidine rings is 1. The van der Waals surface area contributed by atoms with Gasteiger partial charge < -0.3 is 14.1 Å². The molecule has 1 spiro atoms. The first-order valence-corrected chi connectivity index (χ1v) is 12.3. The van der Waals surface area contributed by atoms with Crippen molar-refractivity contribution >= 4 is 22.9 Å². The van der Waals surface area contributed by atoms with Gasteiger partial charge in [-0.15, -0.1) is 0 Å². The number of likely N-dealkylation sites (tertiary alicyclic amines) is 1. The number of fused-ring (bicyclic) bond motifs is 1. The van der Waals surface area contributed by atoms with Gasteiger partial charge >= 0.3 is 6.03 Å². The van der Waals surface area contributed by atoms with E-state index >= 15 is 0 Å². The maximum atomic E-state index is 13.7. The molecule has 8 heteroatoms. The summed E-state index contributed by atoms with van der Waals surface area (Å²) in [5, 5.41) is 1.10. The van der Waals surface area contributed by atoms with Gasteiger partial charge in [0.05, 0.1) is 13.2 Å². The number of carbonyl (C=O) groups is 2. The number of carbonyl (C=O) groups excluding carboxylic acids is 2. The molecule has 1 aromatic carbocycles. The highest BCUT2D eigenvalue weighted by molar-refractivity contribution is 6.07. The Kier molecular flexibility index (Phi) is 6.83. The van der Waals surface area contributed by atoms with Gasteiger partial charge in [0.25, 0.3) is 5.91 Å². The second-order valence-electron chi connectivity index (χ2n) is 9.41. The molecule has 0 unspecified atom stereocenters. The predicted molar refractivity (Wildman–Crippen MR) is 132 cm³/mol. The summed E-state index contributed by atoms with van der Waals surface area (Å²) >= 11 is 0. The van der Waals surface area contributed by atoms with Crippen LogP contribution in [-0.2, 0) is 22.5 Å². The molecule has 2 aliphatic heterocycles. The SMILES string of the molecule is COCCN1C(=O)N(CCCc2cccnc2)C(=O)C12CCN(Cc1cc3ccccc3o1)CC2. The highest BCUT2D eigenvalue weighted by Gasteiger charge is 2.57. The van der Waals surface area contributed by atoms with Crippen LogP contribution in [0.5, 0.6) is 0 Å². The van der Waals surface area contributed by atoms with Gasteiger partial charge in [-0.25, -0.2) is 4.79 Å². The van der Waals surface area contributed by atoms with Crippen molar-refractivity contribution in [1.82, 2.24) is 19.7 Å². The summed E-state index contributed by atoms with van der Waals surface area (Å²) in [6, 6.07) is 13.8. The van der Waals surface area contributed by atoms with E-state index in [4.69, 9.17) is 9.15 Å². The van der Waals surface area contributed by atoms with Crippen molar-refractivity contribution in [2.45, 2.75) is 37.8 Å². The van der Waals surface area contributed by atoms with Crippen molar-refractivity contribution in [3.05, 3.63) is 66.2 Å². The van der Waals surface area contributed by atoms with E-state index < -0.39 is 5.54 Å². The third kappa shape index (κ3) is 4.68. The number of para-hydroxylation sites is 1. The standard InChI is InChI=1S/C27H32N4O4/c1-34-17-16-31-26(33)30(13-5-7-21-6-4-12-28-19-21)25(32)27(31)10-14-29(15-11-27)20-23-18-22-8-2-3-9-24(22)35-23/h2-4,6,8-9,12,18-19H,5,7,10-11,13-17,20H2,1H3. The number of rotatable bonds is 9. The maximum Gasteiger partial charge on any atom is 0.327 e. The van der Waals surface area contributed by atoms with Gasteiger partial charge in [-0.2, -0.15) is 0 Å². The van der Waals surface area contributed by atoms with Crippen LogP contribution in [0, 0.1) is 0 Å². The Morgan fingerprint density at radius 2 is 1.91 bits per heavy atom. The average Bonchev–Trinajstić information content (AvgIpc) is 3.37. The Balaban J connectivity index is 1.25. The lowest BCUT2D eigenvalue weighted by atomic mass is 9.85. The van der Waals surface area contributed by atoms with E-state index in [1.165, 1.54) is 4.90 Å². The number of aromatic nitrogens is 1. The second-order valence-corrected chi connectivity index (χ2v) is 9.41. The Hall–Kier alpha value is -3.23. The fourth-order valence-electron chi connectivity index (χ4n) is 5.36. The first kappa shape index (κ1) is 23.5. The highest BCUT2D eigenvalue weighted by Crippen LogP contribution is 2.38. The fourth-order valence-corrected chi connectivity index (χ4v) is 5.36. The number of hydrogen-bond donors (Lipinski definition) is 0. The van der Waals surface area contributed by atoms with E-state index in [1.54, 1.807) is 18.2 Å². The van der Waals surface area contributed by atoms with Crippen LogP contribution >= 0.6 is 0 Å². The first-order chi connectivity index (χ1) is 17.1. The van der Waals surface area contributed by atoms with Crippen LogP contribution in [-0.4, -0.2) is 77.1 Å². The summed E-state index contributed by atoms with van der Waals surface area (Å²) in [7, 11) is 1.62. The number of urea groups is 1. The van der Waals surface area contributed by atoms with Gasteiger partial charge in [0.2, 0.25) is 0 Å². The van der Waals surface area contributed by atoms with Gasteiger partial charge in [0.1, 0.15) is 16.9 Å². The summed E-state index contributed by atoms with van der Waals surface area (Å²) in [5.41, 5.74) is 1.21. The molecule has 0 N–H and O–H groups in total. The molecule has 184 valence electrons. The molecule has 3 amide bonds. The molecular weight excluding hydrogens is 444 g/mol. The van der Waals surface area contributed by atoms with Gasteiger partial charge in [-0.05, 0) is 49.4 Å². The maximum absolute atomic E-state index is 13.7. The van der Waals surface area contributed by atoms with E-state index in [0.29, 0.717) is 39.1 Å². The van der Waals surface area contributed by atoms with Gasteiger partial charge in [0, 0.05) is 51.1 Å². The molecule has 3 aromatic rings. The number of nitrogens with zero attached hydrogens (tertiary/aromatic N) is 4. The van der Waals surface area contributed by atoms with E-state index in [-0.39, 0.29) is 11.9 Å². The minimum Gasteiger partial charge on any atom is -0.460 e. The second kappa shape index (κ2) is 10.2. The Morgan fingerprint density at radius 1 is 1.09 bits per heavy atom. The zero-order valence-corrected chi connectivity index (χ0v) is 20.2. The largest absolute Gasteiger partial charge is 0.460 e. The first-order valence-electron chi connectivity index (χ1n) is 12.3. The molecule has 0 radical (unpaired) electrons. The topological polar surface area (TPSA) is 79.1 Å². The van der Waals surface area contributed by atoms with E-state index in [0.717, 1.165) is 48.2 Å². The number of ether oxygens (including phenoxy) is 1. The number of benzene rings is 1. The third-order valence-corrected chi connectivity index (χ3v) is 7.25. The van der Waals surface area contributed by atoms with Crippen molar-refractivity contribution in [2.75, 3.05) is 39.9 Å². The predicted octanol–water partition coefficient (Wildman–Crippen LogP) is 3.71. The summed E-state index contributed by atoms with van der Waals surface area (Å²) < 4.78 is 11.3. The number of pyridine rings is 1. The lowest BCUT2D eigenvalue weighted by Gasteiger charge is -2.42. The molecule has 2 saturated heterocycles. The molecule has 0 atom stereocenters.